The first kappa shape index (κ1) is 34.1. The average Bonchev–Trinajstić information content (AvgIpc) is 2.86. The average molecular weight is 550 g/mol. The number of ether oxygens (including phenoxy) is 3. The van der Waals surface area contributed by atoms with Crippen molar-refractivity contribution in [3.63, 3.8) is 0 Å². The molecular weight excluding hydrogens is 502 g/mol. The van der Waals surface area contributed by atoms with Crippen molar-refractivity contribution in [2.75, 3.05) is 6.54 Å². The van der Waals surface area contributed by atoms with Gasteiger partial charge in [-0.3, -0.25) is 19.2 Å². The summed E-state index contributed by atoms with van der Waals surface area (Å²) < 4.78 is 16.7. The molecule has 0 saturated carbocycles. The van der Waals surface area contributed by atoms with Crippen LogP contribution in [0.2, 0.25) is 0 Å². The third kappa shape index (κ3) is 10.3. The molecule has 0 spiro atoms. The van der Waals surface area contributed by atoms with Gasteiger partial charge in [0.2, 0.25) is 0 Å². The second-order valence-corrected chi connectivity index (χ2v) is 11.8. The number of carboxylic acids is 1. The Balaban J connectivity index is 3.14. The summed E-state index contributed by atoms with van der Waals surface area (Å²) in [6, 6.07) is 3.67. The van der Waals surface area contributed by atoms with E-state index in [9.17, 15) is 24.3 Å². The molecule has 2 N–H and O–H groups in total. The zero-order valence-electron chi connectivity index (χ0n) is 25.2. The van der Waals surface area contributed by atoms with E-state index in [1.54, 1.807) is 47.6 Å². The molecule has 3 atom stereocenters. The summed E-state index contributed by atoms with van der Waals surface area (Å²) >= 11 is 0. The molecule has 0 aliphatic carbocycles. The molecule has 0 aliphatic rings. The van der Waals surface area contributed by atoms with Crippen molar-refractivity contribution in [2.24, 2.45) is 22.7 Å². The van der Waals surface area contributed by atoms with E-state index in [1.165, 1.54) is 12.1 Å². The molecule has 0 bridgehead atoms. The van der Waals surface area contributed by atoms with Crippen LogP contribution in [0.3, 0.4) is 0 Å². The molecule has 0 heterocycles. The van der Waals surface area contributed by atoms with Crippen molar-refractivity contribution in [3.05, 3.63) is 23.8 Å². The zero-order chi connectivity index (χ0) is 30.1. The summed E-state index contributed by atoms with van der Waals surface area (Å²) in [6.45, 7) is 18.3. The second kappa shape index (κ2) is 14.4. The normalized spacial score (nSPS) is 14.3. The Labute approximate surface area is 233 Å². The Bertz CT molecular complexity index is 1010. The van der Waals surface area contributed by atoms with E-state index in [0.29, 0.717) is 18.4 Å². The van der Waals surface area contributed by atoms with Gasteiger partial charge in [0.15, 0.2) is 11.5 Å². The molecule has 9 heteroatoms. The molecule has 1 rings (SSSR count). The SMILES string of the molecule is CCC(C)(C)C(=O)Oc1ccc(C[C@H](NCC(C)OC(=O)C(C)C(C)C)C(=O)O)cc1OC(=O)C(C)(C)CC. The van der Waals surface area contributed by atoms with Crippen molar-refractivity contribution >= 4 is 23.9 Å². The van der Waals surface area contributed by atoms with Gasteiger partial charge in [-0.15, -0.1) is 0 Å². The first-order chi connectivity index (χ1) is 17.9. The maximum Gasteiger partial charge on any atom is 0.321 e. The molecule has 0 amide bonds. The molecular formula is C30H47NO8. The van der Waals surface area contributed by atoms with E-state index in [1.807, 2.05) is 27.7 Å². The minimum atomic E-state index is -1.09. The fraction of sp³-hybridized carbons (Fsp3) is 0.667. The number of carboxylic acid groups (broad SMARTS) is 1. The van der Waals surface area contributed by atoms with Crippen LogP contribution in [0.15, 0.2) is 18.2 Å². The first-order valence-corrected chi connectivity index (χ1v) is 13.7. The van der Waals surface area contributed by atoms with Gasteiger partial charge in [0, 0.05) is 6.54 Å². The lowest BCUT2D eigenvalue weighted by Gasteiger charge is -2.24. The second-order valence-electron chi connectivity index (χ2n) is 11.8. The van der Waals surface area contributed by atoms with Crippen LogP contribution in [0, 0.1) is 22.7 Å². The fourth-order valence-corrected chi connectivity index (χ4v) is 3.02. The highest BCUT2D eigenvalue weighted by atomic mass is 16.6. The predicted molar refractivity (Wildman–Crippen MR) is 149 cm³/mol. The minimum absolute atomic E-state index is 0.0494. The van der Waals surface area contributed by atoms with Crippen LogP contribution in [0.25, 0.3) is 0 Å². The standard InChI is InChI=1S/C30H47NO8/c1-11-29(7,8)27(35)38-23-14-13-21(16-24(23)39-28(36)30(9,10)12-2)15-22(25(32)33)31-17-19(5)37-26(34)20(6)18(3)4/h13-14,16,18-20,22,31H,11-12,15,17H2,1-10H3,(H,32,33)/t19?,20?,22-/m0/s1. The lowest BCUT2D eigenvalue weighted by Crippen LogP contribution is -2.43. The van der Waals surface area contributed by atoms with E-state index in [0.717, 1.165) is 0 Å². The summed E-state index contributed by atoms with van der Waals surface area (Å²) in [7, 11) is 0. The van der Waals surface area contributed by atoms with E-state index in [-0.39, 0.29) is 42.3 Å². The minimum Gasteiger partial charge on any atom is -0.480 e. The Hall–Kier alpha value is -2.94. The van der Waals surface area contributed by atoms with Gasteiger partial charge in [-0.05, 0) is 77.5 Å². The number of hydrogen-bond donors (Lipinski definition) is 2. The Morgan fingerprint density at radius 1 is 0.872 bits per heavy atom. The molecule has 0 radical (unpaired) electrons. The molecule has 0 aromatic heterocycles. The Morgan fingerprint density at radius 2 is 1.38 bits per heavy atom. The van der Waals surface area contributed by atoms with E-state index in [4.69, 9.17) is 14.2 Å². The van der Waals surface area contributed by atoms with Gasteiger partial charge in [0.25, 0.3) is 0 Å². The molecule has 9 nitrogen and oxygen atoms in total. The monoisotopic (exact) mass is 549 g/mol. The Kier molecular flexibility index (Phi) is 12.6. The molecule has 1 aromatic carbocycles. The maximum atomic E-state index is 12.8. The van der Waals surface area contributed by atoms with Crippen LogP contribution in [0.4, 0.5) is 0 Å². The molecule has 39 heavy (non-hydrogen) atoms. The van der Waals surface area contributed by atoms with Crippen LogP contribution < -0.4 is 14.8 Å². The largest absolute Gasteiger partial charge is 0.480 e. The van der Waals surface area contributed by atoms with Crippen molar-refractivity contribution < 1.29 is 38.5 Å². The van der Waals surface area contributed by atoms with E-state index in [2.05, 4.69) is 5.32 Å². The number of benzene rings is 1. The number of esters is 3. The fourth-order valence-electron chi connectivity index (χ4n) is 3.02. The lowest BCUT2D eigenvalue weighted by atomic mass is 9.90. The number of carbonyl (C=O) groups excluding carboxylic acids is 3. The zero-order valence-corrected chi connectivity index (χ0v) is 25.2. The van der Waals surface area contributed by atoms with Crippen LogP contribution >= 0.6 is 0 Å². The highest BCUT2D eigenvalue weighted by Gasteiger charge is 2.32. The highest BCUT2D eigenvalue weighted by molar-refractivity contribution is 5.81. The van der Waals surface area contributed by atoms with Crippen molar-refractivity contribution in [1.82, 2.24) is 5.32 Å². The van der Waals surface area contributed by atoms with Gasteiger partial charge in [-0.25, -0.2) is 0 Å². The molecule has 0 saturated heterocycles. The summed E-state index contributed by atoms with van der Waals surface area (Å²) in [5.74, 6) is -2.38. The first-order valence-electron chi connectivity index (χ1n) is 13.7. The van der Waals surface area contributed by atoms with E-state index >= 15 is 0 Å². The topological polar surface area (TPSA) is 128 Å². The molecule has 0 fully saturated rings. The van der Waals surface area contributed by atoms with Crippen LogP contribution in [0.5, 0.6) is 11.5 Å². The van der Waals surface area contributed by atoms with Gasteiger partial charge in [-0.1, -0.05) is 40.7 Å². The summed E-state index contributed by atoms with van der Waals surface area (Å²) in [4.78, 5) is 49.8. The number of carbonyl (C=O) groups is 4. The van der Waals surface area contributed by atoms with Gasteiger partial charge in [0.1, 0.15) is 12.1 Å². The lowest BCUT2D eigenvalue weighted by molar-refractivity contribution is -0.154. The quantitative estimate of drug-likeness (QED) is 0.225. The molecule has 2 unspecified atom stereocenters. The van der Waals surface area contributed by atoms with Crippen LogP contribution in [0.1, 0.15) is 87.6 Å². The molecule has 0 aliphatic heterocycles. The van der Waals surface area contributed by atoms with Gasteiger partial charge < -0.3 is 24.6 Å². The van der Waals surface area contributed by atoms with Crippen molar-refractivity contribution in [2.45, 2.75) is 101 Å². The summed E-state index contributed by atoms with van der Waals surface area (Å²) in [5, 5.41) is 12.7. The van der Waals surface area contributed by atoms with Gasteiger partial charge >= 0.3 is 23.9 Å². The maximum absolute atomic E-state index is 12.8. The van der Waals surface area contributed by atoms with Crippen LogP contribution in [-0.4, -0.2) is 47.7 Å². The number of hydrogen-bond acceptors (Lipinski definition) is 8. The van der Waals surface area contributed by atoms with Crippen molar-refractivity contribution in [1.29, 1.82) is 0 Å². The smallest absolute Gasteiger partial charge is 0.321 e. The molecule has 220 valence electrons. The third-order valence-electron chi connectivity index (χ3n) is 7.37. The van der Waals surface area contributed by atoms with Crippen LogP contribution in [-0.2, 0) is 30.3 Å². The van der Waals surface area contributed by atoms with Gasteiger partial charge in [-0.2, -0.15) is 0 Å². The molecule has 1 aromatic rings. The summed E-state index contributed by atoms with van der Waals surface area (Å²) in [6.07, 6.45) is 0.608. The summed E-state index contributed by atoms with van der Waals surface area (Å²) in [5.41, 5.74) is -0.959. The number of aliphatic carboxylic acids is 1. The number of rotatable bonds is 15. The van der Waals surface area contributed by atoms with Crippen molar-refractivity contribution in [3.8, 4) is 11.5 Å². The number of nitrogens with one attached hydrogen (secondary N) is 1. The van der Waals surface area contributed by atoms with E-state index < -0.39 is 40.9 Å². The van der Waals surface area contributed by atoms with Gasteiger partial charge in [0.05, 0.1) is 16.7 Å². The highest BCUT2D eigenvalue weighted by Crippen LogP contribution is 2.34. The Morgan fingerprint density at radius 3 is 1.85 bits per heavy atom. The third-order valence-corrected chi connectivity index (χ3v) is 7.37. The predicted octanol–water partition coefficient (Wildman–Crippen LogP) is 5.18.